The van der Waals surface area contributed by atoms with Gasteiger partial charge in [-0.2, -0.15) is 13.2 Å². The summed E-state index contributed by atoms with van der Waals surface area (Å²) >= 11 is 0. The predicted molar refractivity (Wildman–Crippen MR) is 92.3 cm³/mol. The van der Waals surface area contributed by atoms with Crippen molar-refractivity contribution in [3.8, 4) is 0 Å². The molecule has 1 amide bonds. The van der Waals surface area contributed by atoms with Crippen LogP contribution in [0.1, 0.15) is 21.5 Å². The number of aromatic amines is 1. The van der Waals surface area contributed by atoms with Crippen molar-refractivity contribution < 1.29 is 27.9 Å². The highest BCUT2D eigenvalue weighted by atomic mass is 19.4. The number of carboxylic acids is 1. The first-order valence-electron chi connectivity index (χ1n) is 8.01. The Morgan fingerprint density at radius 2 is 1.74 bits per heavy atom. The number of benzene rings is 2. The van der Waals surface area contributed by atoms with Gasteiger partial charge in [0.25, 0.3) is 5.91 Å². The predicted octanol–water partition coefficient (Wildman–Crippen LogP) is 3.61. The molecule has 0 fully saturated rings. The molecule has 1 aromatic heterocycles. The molecule has 140 valence electrons. The number of fused-ring (bicyclic) bond motifs is 1. The van der Waals surface area contributed by atoms with Crippen LogP contribution in [0.4, 0.5) is 13.2 Å². The van der Waals surface area contributed by atoms with E-state index in [0.717, 1.165) is 35.2 Å². The number of para-hydroxylation sites is 1. The van der Waals surface area contributed by atoms with Crippen molar-refractivity contribution >= 4 is 22.8 Å². The lowest BCUT2D eigenvalue weighted by Crippen LogP contribution is -2.42. The molecule has 1 heterocycles. The largest absolute Gasteiger partial charge is 0.480 e. The molecule has 0 saturated carbocycles. The third kappa shape index (κ3) is 4.11. The quantitative estimate of drug-likeness (QED) is 0.636. The molecule has 3 N–H and O–H groups in total. The molecule has 27 heavy (non-hydrogen) atoms. The Hall–Kier alpha value is -3.29. The molecule has 0 spiro atoms. The molecule has 2 aromatic carbocycles. The van der Waals surface area contributed by atoms with Crippen molar-refractivity contribution in [2.45, 2.75) is 18.6 Å². The third-order valence-corrected chi connectivity index (χ3v) is 4.18. The number of aliphatic carboxylic acids is 1. The Balaban J connectivity index is 1.76. The molecule has 8 heteroatoms. The van der Waals surface area contributed by atoms with E-state index >= 15 is 0 Å². The van der Waals surface area contributed by atoms with Gasteiger partial charge in [0.2, 0.25) is 0 Å². The molecule has 3 aromatic rings. The molecule has 0 radical (unpaired) electrons. The minimum atomic E-state index is -4.51. The smallest absolute Gasteiger partial charge is 0.416 e. The van der Waals surface area contributed by atoms with E-state index in [1.165, 1.54) is 0 Å². The van der Waals surface area contributed by atoms with Crippen LogP contribution in [-0.2, 0) is 17.4 Å². The summed E-state index contributed by atoms with van der Waals surface area (Å²) in [7, 11) is 0. The Morgan fingerprint density at radius 3 is 2.37 bits per heavy atom. The normalized spacial score (nSPS) is 12.7. The Kier molecular flexibility index (Phi) is 4.89. The van der Waals surface area contributed by atoms with Crippen LogP contribution in [-0.4, -0.2) is 28.0 Å². The third-order valence-electron chi connectivity index (χ3n) is 4.18. The van der Waals surface area contributed by atoms with E-state index in [1.54, 1.807) is 6.20 Å². The SMILES string of the molecule is O=C(N[C@H](Cc1c[nH]c2ccccc12)C(=O)O)c1ccc(C(F)(F)F)cc1. The summed E-state index contributed by atoms with van der Waals surface area (Å²) in [4.78, 5) is 26.8. The number of H-pyrrole nitrogens is 1. The second-order valence-electron chi connectivity index (χ2n) is 6.00. The molecular formula is C19H15F3N2O3. The van der Waals surface area contributed by atoms with E-state index in [-0.39, 0.29) is 12.0 Å². The number of aromatic nitrogens is 1. The summed E-state index contributed by atoms with van der Waals surface area (Å²) in [6.07, 6.45) is -2.80. The standard InChI is InChI=1S/C19H15F3N2O3/c20-19(21,22)13-7-5-11(6-8-13)17(25)24-16(18(26)27)9-12-10-23-15-4-2-1-3-14(12)15/h1-8,10,16,23H,9H2,(H,24,25)(H,26,27)/t16-/m1/s1. The number of halogens is 3. The summed E-state index contributed by atoms with van der Waals surface area (Å²) in [5, 5.41) is 12.6. The average molecular weight is 376 g/mol. The number of amides is 1. The number of hydrogen-bond acceptors (Lipinski definition) is 2. The van der Waals surface area contributed by atoms with Crippen molar-refractivity contribution in [2.75, 3.05) is 0 Å². The summed E-state index contributed by atoms with van der Waals surface area (Å²) in [6.45, 7) is 0. The minimum absolute atomic E-state index is 0.0335. The zero-order valence-electron chi connectivity index (χ0n) is 13.9. The maximum absolute atomic E-state index is 12.6. The Bertz CT molecular complexity index is 978. The maximum atomic E-state index is 12.6. The van der Waals surface area contributed by atoms with Gasteiger partial charge in [-0.05, 0) is 35.9 Å². The number of alkyl halides is 3. The molecule has 0 aliphatic carbocycles. The van der Waals surface area contributed by atoms with Crippen LogP contribution in [0.3, 0.4) is 0 Å². The van der Waals surface area contributed by atoms with E-state index in [1.807, 2.05) is 24.3 Å². The van der Waals surface area contributed by atoms with Crippen molar-refractivity contribution in [2.24, 2.45) is 0 Å². The summed E-state index contributed by atoms with van der Waals surface area (Å²) < 4.78 is 37.8. The average Bonchev–Trinajstić information content (AvgIpc) is 3.03. The van der Waals surface area contributed by atoms with Crippen molar-refractivity contribution in [3.63, 3.8) is 0 Å². The molecule has 3 rings (SSSR count). The lowest BCUT2D eigenvalue weighted by Gasteiger charge is -2.15. The summed E-state index contributed by atoms with van der Waals surface area (Å²) in [5.74, 6) is -1.99. The van der Waals surface area contributed by atoms with Gasteiger partial charge in [0.05, 0.1) is 5.56 Å². The van der Waals surface area contributed by atoms with E-state index < -0.39 is 29.7 Å². The first-order chi connectivity index (χ1) is 12.8. The number of rotatable bonds is 5. The van der Waals surface area contributed by atoms with Crippen LogP contribution in [0, 0.1) is 0 Å². The molecular weight excluding hydrogens is 361 g/mol. The molecule has 0 saturated heterocycles. The topological polar surface area (TPSA) is 82.2 Å². The number of carbonyl (C=O) groups excluding carboxylic acids is 1. The van der Waals surface area contributed by atoms with Gasteiger partial charge in [-0.15, -0.1) is 0 Å². The van der Waals surface area contributed by atoms with Gasteiger partial charge in [-0.1, -0.05) is 18.2 Å². The van der Waals surface area contributed by atoms with E-state index in [2.05, 4.69) is 10.3 Å². The fourth-order valence-electron chi connectivity index (χ4n) is 2.77. The van der Waals surface area contributed by atoms with Crippen LogP contribution in [0.15, 0.2) is 54.7 Å². The van der Waals surface area contributed by atoms with Gasteiger partial charge in [-0.25, -0.2) is 4.79 Å². The molecule has 5 nitrogen and oxygen atoms in total. The van der Waals surface area contributed by atoms with Gasteiger partial charge in [0.1, 0.15) is 6.04 Å². The zero-order chi connectivity index (χ0) is 19.6. The van der Waals surface area contributed by atoms with Gasteiger partial charge in [0.15, 0.2) is 0 Å². The number of carbonyl (C=O) groups is 2. The molecule has 0 unspecified atom stereocenters. The number of nitrogens with one attached hydrogen (secondary N) is 2. The van der Waals surface area contributed by atoms with Crippen LogP contribution in [0.25, 0.3) is 10.9 Å². The van der Waals surface area contributed by atoms with E-state index in [4.69, 9.17) is 0 Å². The fraction of sp³-hybridized carbons (Fsp3) is 0.158. The lowest BCUT2D eigenvalue weighted by atomic mass is 10.0. The van der Waals surface area contributed by atoms with E-state index in [0.29, 0.717) is 5.56 Å². The highest BCUT2D eigenvalue weighted by molar-refractivity contribution is 5.97. The second-order valence-corrected chi connectivity index (χ2v) is 6.00. The minimum Gasteiger partial charge on any atom is -0.480 e. The number of carboxylic acid groups (broad SMARTS) is 1. The highest BCUT2D eigenvalue weighted by Gasteiger charge is 2.30. The van der Waals surface area contributed by atoms with Gasteiger partial charge in [-0.3, -0.25) is 4.79 Å². The van der Waals surface area contributed by atoms with Gasteiger partial charge in [0, 0.05) is 29.1 Å². The summed E-state index contributed by atoms with van der Waals surface area (Å²) in [5.41, 5.74) is 0.622. The molecule has 0 aliphatic rings. The van der Waals surface area contributed by atoms with Gasteiger partial charge < -0.3 is 15.4 Å². The van der Waals surface area contributed by atoms with Crippen LogP contribution in [0.2, 0.25) is 0 Å². The first-order valence-corrected chi connectivity index (χ1v) is 8.01. The van der Waals surface area contributed by atoms with Crippen LogP contribution in [0.5, 0.6) is 0 Å². The first kappa shape index (κ1) is 18.5. The van der Waals surface area contributed by atoms with Crippen molar-refractivity contribution in [3.05, 3.63) is 71.4 Å². The van der Waals surface area contributed by atoms with Crippen molar-refractivity contribution in [1.29, 1.82) is 0 Å². The number of hydrogen-bond donors (Lipinski definition) is 3. The second kappa shape index (κ2) is 7.14. The van der Waals surface area contributed by atoms with E-state index in [9.17, 15) is 27.9 Å². The fourth-order valence-corrected chi connectivity index (χ4v) is 2.77. The van der Waals surface area contributed by atoms with Crippen LogP contribution < -0.4 is 5.32 Å². The molecule has 0 bridgehead atoms. The monoisotopic (exact) mass is 376 g/mol. The maximum Gasteiger partial charge on any atom is 0.416 e. The molecule has 1 atom stereocenters. The van der Waals surface area contributed by atoms with Gasteiger partial charge >= 0.3 is 12.1 Å². The summed E-state index contributed by atoms with van der Waals surface area (Å²) in [6, 6.07) is 9.70. The Labute approximate surface area is 151 Å². The highest BCUT2D eigenvalue weighted by Crippen LogP contribution is 2.29. The Morgan fingerprint density at radius 1 is 1.07 bits per heavy atom. The van der Waals surface area contributed by atoms with Crippen LogP contribution >= 0.6 is 0 Å². The molecule has 0 aliphatic heterocycles. The zero-order valence-corrected chi connectivity index (χ0v) is 13.9. The van der Waals surface area contributed by atoms with Crippen molar-refractivity contribution in [1.82, 2.24) is 10.3 Å². The lowest BCUT2D eigenvalue weighted by molar-refractivity contribution is -0.139.